The highest BCUT2D eigenvalue weighted by Gasteiger charge is 2.23. The Kier molecular flexibility index (Phi) is 7.07. The summed E-state index contributed by atoms with van der Waals surface area (Å²) in [6.45, 7) is 0. The van der Waals surface area contributed by atoms with E-state index in [0.717, 1.165) is 12.1 Å². The van der Waals surface area contributed by atoms with Gasteiger partial charge in [0.1, 0.15) is 5.82 Å². The minimum atomic E-state index is -1.46. The highest BCUT2D eigenvalue weighted by atomic mass is 32.3. The number of rotatable bonds is 5. The van der Waals surface area contributed by atoms with Crippen molar-refractivity contribution in [3.63, 3.8) is 0 Å². The maximum absolute atomic E-state index is 15.0. The van der Waals surface area contributed by atoms with E-state index in [9.17, 15) is 22.4 Å². The van der Waals surface area contributed by atoms with E-state index in [1.165, 1.54) is 24.4 Å². The minimum Gasteiger partial charge on any atom is -0.381 e. The third kappa shape index (κ3) is 5.61. The van der Waals surface area contributed by atoms with Crippen molar-refractivity contribution < 1.29 is 22.4 Å². The Hall–Kier alpha value is -3.71. The summed E-state index contributed by atoms with van der Waals surface area (Å²) < 4.78 is 58.7. The van der Waals surface area contributed by atoms with Gasteiger partial charge in [0, 0.05) is 18.2 Å². The predicted octanol–water partition coefficient (Wildman–Crippen LogP) is 4.66. The number of nitrogen functional groups attached to an aromatic ring is 1. The van der Waals surface area contributed by atoms with E-state index in [2.05, 4.69) is 21.5 Å². The second kappa shape index (κ2) is 9.65. The van der Waals surface area contributed by atoms with Crippen molar-refractivity contribution in [2.75, 3.05) is 29.8 Å². The third-order valence-electron chi connectivity index (χ3n) is 4.65. The molecule has 10 heteroatoms. The maximum Gasteiger partial charge on any atom is 0.250 e. The van der Waals surface area contributed by atoms with Gasteiger partial charge < -0.3 is 16.8 Å². The standard InChI is InChI=1S/C24H22F4N4OS/c1-34(2,3)9-7-13-4-5-18(17(25)10-13)32-22-16(24(30)33)12-15(19(26)21(22)28)11-14-6-8-31-23(29)20(14)27/h4-6,8,10,12,32H,11H2,1-3H3,(H2,29,31)(H2,30,33). The van der Waals surface area contributed by atoms with Crippen LogP contribution in [0.5, 0.6) is 0 Å². The lowest BCUT2D eigenvalue weighted by molar-refractivity contribution is 0.100. The van der Waals surface area contributed by atoms with Crippen molar-refractivity contribution >= 4 is 33.1 Å². The van der Waals surface area contributed by atoms with Crippen LogP contribution in [0.1, 0.15) is 27.0 Å². The number of anilines is 3. The van der Waals surface area contributed by atoms with Crippen LogP contribution in [0.2, 0.25) is 0 Å². The van der Waals surface area contributed by atoms with Crippen LogP contribution in [-0.4, -0.2) is 29.7 Å². The summed E-state index contributed by atoms with van der Waals surface area (Å²) in [6.07, 6.45) is 6.75. The van der Waals surface area contributed by atoms with Crippen LogP contribution in [0.15, 0.2) is 36.5 Å². The van der Waals surface area contributed by atoms with Crippen LogP contribution in [0.3, 0.4) is 0 Å². The molecule has 0 aliphatic carbocycles. The molecule has 0 saturated carbocycles. The summed E-state index contributed by atoms with van der Waals surface area (Å²) in [7, 11) is -1.13. The molecule has 2 aromatic carbocycles. The normalized spacial score (nSPS) is 11.5. The number of amides is 1. The van der Waals surface area contributed by atoms with Crippen molar-refractivity contribution in [1.82, 2.24) is 4.98 Å². The van der Waals surface area contributed by atoms with Gasteiger partial charge >= 0.3 is 0 Å². The molecule has 0 saturated heterocycles. The average molecular weight is 491 g/mol. The number of aromatic nitrogens is 1. The molecule has 1 amide bonds. The lowest BCUT2D eigenvalue weighted by Crippen LogP contribution is -2.17. The first-order valence-corrected chi connectivity index (χ1v) is 12.7. The number of halogens is 4. The molecule has 0 aliphatic heterocycles. The smallest absolute Gasteiger partial charge is 0.250 e. The first-order valence-electron chi connectivity index (χ1n) is 9.84. The molecule has 178 valence electrons. The molecule has 34 heavy (non-hydrogen) atoms. The van der Waals surface area contributed by atoms with Gasteiger partial charge in [0.15, 0.2) is 23.3 Å². The van der Waals surface area contributed by atoms with Gasteiger partial charge in [-0.2, -0.15) is 10.0 Å². The molecule has 0 unspecified atom stereocenters. The topological polar surface area (TPSA) is 94.0 Å². The SMILES string of the molecule is CS(C)(C)C#Cc1ccc(Nc2c(C(N)=O)cc(Cc3ccnc(N)c3F)c(F)c2F)c(F)c1. The van der Waals surface area contributed by atoms with E-state index in [1.54, 1.807) is 0 Å². The minimum absolute atomic E-state index is 0.0539. The number of nitrogens with two attached hydrogens (primary N) is 2. The highest BCUT2D eigenvalue weighted by Crippen LogP contribution is 2.33. The molecular weight excluding hydrogens is 468 g/mol. The summed E-state index contributed by atoms with van der Waals surface area (Å²) in [5.74, 6) is -3.11. The molecule has 0 atom stereocenters. The Morgan fingerprint density at radius 2 is 1.74 bits per heavy atom. The van der Waals surface area contributed by atoms with Gasteiger partial charge in [-0.1, -0.05) is 5.92 Å². The number of pyridine rings is 1. The molecule has 0 bridgehead atoms. The zero-order valence-electron chi connectivity index (χ0n) is 18.6. The fourth-order valence-corrected chi connectivity index (χ4v) is 3.43. The van der Waals surface area contributed by atoms with Crippen molar-refractivity contribution in [2.45, 2.75) is 6.42 Å². The second-order valence-electron chi connectivity index (χ2n) is 8.18. The van der Waals surface area contributed by atoms with E-state index in [0.29, 0.717) is 5.56 Å². The van der Waals surface area contributed by atoms with E-state index in [1.807, 2.05) is 18.8 Å². The predicted molar refractivity (Wildman–Crippen MR) is 128 cm³/mol. The van der Waals surface area contributed by atoms with E-state index in [4.69, 9.17) is 11.5 Å². The summed E-state index contributed by atoms with van der Waals surface area (Å²) in [4.78, 5) is 15.6. The lowest BCUT2D eigenvalue weighted by atomic mass is 10.00. The molecule has 0 spiro atoms. The highest BCUT2D eigenvalue weighted by molar-refractivity contribution is 8.35. The van der Waals surface area contributed by atoms with Crippen LogP contribution in [0, 0.1) is 34.4 Å². The third-order valence-corrected chi connectivity index (χ3v) is 5.37. The fraction of sp³-hybridized carbons (Fsp3) is 0.167. The molecule has 0 fully saturated rings. The lowest BCUT2D eigenvalue weighted by Gasteiger charge is -2.16. The van der Waals surface area contributed by atoms with E-state index in [-0.39, 0.29) is 16.8 Å². The molecule has 3 aromatic rings. The number of hydrogen-bond acceptors (Lipinski definition) is 4. The van der Waals surface area contributed by atoms with Crippen LogP contribution in [-0.2, 0) is 6.42 Å². The summed E-state index contributed by atoms with van der Waals surface area (Å²) in [5, 5.41) is 5.45. The monoisotopic (exact) mass is 490 g/mol. The Morgan fingerprint density at radius 3 is 2.35 bits per heavy atom. The summed E-state index contributed by atoms with van der Waals surface area (Å²) >= 11 is 0. The molecule has 5 nitrogen and oxygen atoms in total. The Balaban J connectivity index is 2.01. The van der Waals surface area contributed by atoms with Gasteiger partial charge in [0.25, 0.3) is 5.91 Å². The largest absolute Gasteiger partial charge is 0.381 e. The molecule has 3 rings (SSSR count). The zero-order chi connectivity index (χ0) is 25.2. The van der Waals surface area contributed by atoms with Crippen molar-refractivity contribution in [2.24, 2.45) is 5.73 Å². The number of benzene rings is 2. The number of nitrogens with zero attached hydrogens (tertiary/aromatic N) is 1. The Labute approximate surface area is 195 Å². The van der Waals surface area contributed by atoms with Crippen molar-refractivity contribution in [3.05, 3.63) is 82.1 Å². The average Bonchev–Trinajstić information content (AvgIpc) is 2.75. The molecule has 1 heterocycles. The molecular formula is C24H22F4N4OS. The van der Waals surface area contributed by atoms with Gasteiger partial charge in [-0.3, -0.25) is 4.79 Å². The number of hydrogen-bond donors (Lipinski definition) is 3. The molecule has 1 aromatic heterocycles. The molecule has 5 N–H and O–H groups in total. The van der Waals surface area contributed by atoms with Gasteiger partial charge in [-0.15, -0.1) is 0 Å². The number of nitrogens with one attached hydrogen (secondary N) is 1. The van der Waals surface area contributed by atoms with Gasteiger partial charge in [-0.25, -0.2) is 22.5 Å². The van der Waals surface area contributed by atoms with E-state index >= 15 is 0 Å². The van der Waals surface area contributed by atoms with Crippen LogP contribution < -0.4 is 16.8 Å². The van der Waals surface area contributed by atoms with Crippen molar-refractivity contribution in [3.8, 4) is 11.2 Å². The Bertz CT molecular complexity index is 1340. The zero-order valence-corrected chi connectivity index (χ0v) is 19.4. The van der Waals surface area contributed by atoms with Crippen LogP contribution in [0.25, 0.3) is 0 Å². The fourth-order valence-electron chi connectivity index (χ4n) is 3.01. The summed E-state index contributed by atoms with van der Waals surface area (Å²) in [6, 6.07) is 6.18. The van der Waals surface area contributed by atoms with Crippen molar-refractivity contribution in [1.29, 1.82) is 0 Å². The van der Waals surface area contributed by atoms with Gasteiger partial charge in [0.2, 0.25) is 0 Å². The second-order valence-corrected chi connectivity index (χ2v) is 12.1. The van der Waals surface area contributed by atoms with E-state index < -0.39 is 62.7 Å². The summed E-state index contributed by atoms with van der Waals surface area (Å²) in [5.41, 5.74) is 9.51. The molecule has 0 aliphatic rings. The maximum atomic E-state index is 15.0. The number of carbonyl (C=O) groups excluding carboxylic acids is 1. The van der Waals surface area contributed by atoms with Crippen LogP contribution >= 0.6 is 10.0 Å². The molecule has 0 radical (unpaired) electrons. The Morgan fingerprint density at radius 1 is 1.03 bits per heavy atom. The first kappa shape index (κ1) is 24.9. The van der Waals surface area contributed by atoms with Crippen LogP contribution in [0.4, 0.5) is 34.8 Å². The quantitative estimate of drug-likeness (QED) is 0.358. The van der Waals surface area contributed by atoms with Gasteiger partial charge in [0.05, 0.1) is 16.9 Å². The first-order chi connectivity index (χ1) is 15.9. The number of carbonyl (C=O) groups is 1. The number of primary amides is 1. The van der Waals surface area contributed by atoms with Gasteiger partial charge in [-0.05, 0) is 65.5 Å².